The summed E-state index contributed by atoms with van der Waals surface area (Å²) < 4.78 is 0. The third kappa shape index (κ3) is 3.62. The maximum absolute atomic E-state index is 11.8. The number of hydrogen-bond acceptors (Lipinski definition) is 6. The summed E-state index contributed by atoms with van der Waals surface area (Å²) in [5.74, 6) is -0.769. The van der Waals surface area contributed by atoms with Crippen LogP contribution >= 0.6 is 0 Å². The van der Waals surface area contributed by atoms with E-state index in [2.05, 4.69) is 5.16 Å². The zero-order valence-corrected chi connectivity index (χ0v) is 12.2. The molecule has 0 spiro atoms. The topological polar surface area (TPSA) is 134 Å². The van der Waals surface area contributed by atoms with Gasteiger partial charge in [0.2, 0.25) is 0 Å². The predicted octanol–water partition coefficient (Wildman–Crippen LogP) is 1.96. The first kappa shape index (κ1) is 16.0. The quantitative estimate of drug-likeness (QED) is 0.221. The second-order valence-electron chi connectivity index (χ2n) is 4.68. The van der Waals surface area contributed by atoms with Gasteiger partial charge in [0.1, 0.15) is 0 Å². The molecule has 0 heterocycles. The molecule has 2 aromatic rings. The fourth-order valence-electron chi connectivity index (χ4n) is 1.84. The highest BCUT2D eigenvalue weighted by atomic mass is 16.7. The van der Waals surface area contributed by atoms with Crippen molar-refractivity contribution in [1.82, 2.24) is 0 Å². The van der Waals surface area contributed by atoms with Crippen molar-refractivity contribution in [2.45, 2.75) is 6.92 Å². The molecule has 0 unspecified atom stereocenters. The molecule has 4 N–H and O–H groups in total. The molecule has 8 nitrogen and oxygen atoms in total. The van der Waals surface area contributed by atoms with Crippen LogP contribution in [0.3, 0.4) is 0 Å². The Bertz CT molecular complexity index is 785. The summed E-state index contributed by atoms with van der Waals surface area (Å²) in [5.41, 5.74) is 13.4. The number of hydrogen-bond donors (Lipinski definition) is 2. The number of carbonyl (C=O) groups excluding carboxylic acids is 1. The maximum atomic E-state index is 11.8. The Morgan fingerprint density at radius 1 is 1.22 bits per heavy atom. The molecule has 23 heavy (non-hydrogen) atoms. The fraction of sp³-hybridized carbons (Fsp3) is 0.0667. The van der Waals surface area contributed by atoms with Crippen molar-refractivity contribution in [3.05, 3.63) is 69.3 Å². The molecule has 118 valence electrons. The van der Waals surface area contributed by atoms with Gasteiger partial charge in [-0.2, -0.15) is 0 Å². The highest BCUT2D eigenvalue weighted by Crippen LogP contribution is 2.16. The van der Waals surface area contributed by atoms with Gasteiger partial charge in [0.15, 0.2) is 5.84 Å². The average Bonchev–Trinajstić information content (AvgIpc) is 2.55. The maximum Gasteiger partial charge on any atom is 0.365 e. The molecule has 0 saturated heterocycles. The average molecular weight is 314 g/mol. The molecule has 2 aromatic carbocycles. The first-order valence-electron chi connectivity index (χ1n) is 6.55. The zero-order chi connectivity index (χ0) is 17.0. The van der Waals surface area contributed by atoms with Crippen LogP contribution in [0.25, 0.3) is 0 Å². The van der Waals surface area contributed by atoms with Gasteiger partial charge >= 0.3 is 5.97 Å². The van der Waals surface area contributed by atoms with E-state index in [1.165, 1.54) is 24.3 Å². The third-order valence-corrected chi connectivity index (χ3v) is 3.19. The van der Waals surface area contributed by atoms with Gasteiger partial charge in [-0.05, 0) is 30.7 Å². The van der Waals surface area contributed by atoms with E-state index in [0.717, 1.165) is 5.56 Å². The van der Waals surface area contributed by atoms with Crippen LogP contribution in [-0.4, -0.2) is 16.7 Å². The molecule has 0 aliphatic heterocycles. The van der Waals surface area contributed by atoms with Crippen LogP contribution in [0.1, 0.15) is 21.5 Å². The standard InChI is InChI=1S/C15H14N4O4/c1-9-12(3-2-4-13(9)16)14(17)18-23-15(20)10-5-7-11(8-6-10)19(21)22/h2-8H,16H2,1H3,(H2,17,18). The minimum absolute atomic E-state index is 0.00469. The summed E-state index contributed by atoms with van der Waals surface area (Å²) in [6.45, 7) is 1.77. The minimum Gasteiger partial charge on any atom is -0.398 e. The van der Waals surface area contributed by atoms with Gasteiger partial charge < -0.3 is 16.3 Å². The third-order valence-electron chi connectivity index (χ3n) is 3.19. The molecule has 0 saturated carbocycles. The molecule has 8 heteroatoms. The SMILES string of the molecule is Cc1c(N)cccc1/C(N)=N/OC(=O)c1ccc([N+](=O)[O-])cc1. The summed E-state index contributed by atoms with van der Waals surface area (Å²) in [6.07, 6.45) is 0. The second kappa shape index (κ2) is 6.56. The van der Waals surface area contributed by atoms with Crippen LogP contribution in [0.15, 0.2) is 47.6 Å². The fourth-order valence-corrected chi connectivity index (χ4v) is 1.84. The first-order chi connectivity index (χ1) is 10.9. The lowest BCUT2D eigenvalue weighted by Gasteiger charge is -2.07. The number of nitrogens with zero attached hydrogens (tertiary/aromatic N) is 2. The van der Waals surface area contributed by atoms with E-state index < -0.39 is 10.9 Å². The molecule has 0 fully saturated rings. The molecule has 0 radical (unpaired) electrons. The number of nitrogens with two attached hydrogens (primary N) is 2. The van der Waals surface area contributed by atoms with Crippen LogP contribution < -0.4 is 11.5 Å². The lowest BCUT2D eigenvalue weighted by molar-refractivity contribution is -0.384. The van der Waals surface area contributed by atoms with E-state index in [1.54, 1.807) is 25.1 Å². The Morgan fingerprint density at radius 2 is 1.87 bits per heavy atom. The van der Waals surface area contributed by atoms with Crippen molar-refractivity contribution < 1.29 is 14.6 Å². The summed E-state index contributed by atoms with van der Waals surface area (Å²) in [6, 6.07) is 10.1. The Labute approximate surface area is 131 Å². The number of nitro benzene ring substituents is 1. The van der Waals surface area contributed by atoms with Crippen molar-refractivity contribution in [2.24, 2.45) is 10.9 Å². The number of benzene rings is 2. The number of amidine groups is 1. The van der Waals surface area contributed by atoms with Gasteiger partial charge in [0.05, 0.1) is 10.5 Å². The normalized spacial score (nSPS) is 11.1. The second-order valence-corrected chi connectivity index (χ2v) is 4.68. The molecular weight excluding hydrogens is 300 g/mol. The van der Waals surface area contributed by atoms with E-state index in [0.29, 0.717) is 11.3 Å². The van der Waals surface area contributed by atoms with Gasteiger partial charge in [-0.25, -0.2) is 4.79 Å². The smallest absolute Gasteiger partial charge is 0.365 e. The van der Waals surface area contributed by atoms with E-state index in [9.17, 15) is 14.9 Å². The summed E-state index contributed by atoms with van der Waals surface area (Å²) in [4.78, 5) is 26.6. The van der Waals surface area contributed by atoms with Gasteiger partial charge in [-0.1, -0.05) is 17.3 Å². The van der Waals surface area contributed by atoms with Gasteiger partial charge in [0, 0.05) is 23.4 Å². The Morgan fingerprint density at radius 3 is 2.48 bits per heavy atom. The number of anilines is 1. The number of rotatable bonds is 4. The Kier molecular flexibility index (Phi) is 4.55. The summed E-state index contributed by atoms with van der Waals surface area (Å²) >= 11 is 0. The molecule has 0 bridgehead atoms. The van der Waals surface area contributed by atoms with E-state index >= 15 is 0 Å². The highest BCUT2D eigenvalue weighted by molar-refractivity contribution is 6.00. The predicted molar refractivity (Wildman–Crippen MR) is 84.8 cm³/mol. The number of carbonyl (C=O) groups is 1. The molecule has 0 atom stereocenters. The van der Waals surface area contributed by atoms with E-state index in [1.807, 2.05) is 0 Å². The monoisotopic (exact) mass is 314 g/mol. The van der Waals surface area contributed by atoms with Crippen molar-refractivity contribution in [1.29, 1.82) is 0 Å². The van der Waals surface area contributed by atoms with Gasteiger partial charge in [-0.3, -0.25) is 10.1 Å². The van der Waals surface area contributed by atoms with Crippen LogP contribution in [0.2, 0.25) is 0 Å². The minimum atomic E-state index is -0.774. The lowest BCUT2D eigenvalue weighted by atomic mass is 10.1. The van der Waals surface area contributed by atoms with Gasteiger partial charge in [0.25, 0.3) is 5.69 Å². The summed E-state index contributed by atoms with van der Waals surface area (Å²) in [7, 11) is 0. The first-order valence-corrected chi connectivity index (χ1v) is 6.55. The van der Waals surface area contributed by atoms with Crippen LogP contribution in [0, 0.1) is 17.0 Å². The van der Waals surface area contributed by atoms with Crippen LogP contribution in [0.5, 0.6) is 0 Å². The van der Waals surface area contributed by atoms with Crippen molar-refractivity contribution in [3.8, 4) is 0 Å². The molecule has 2 rings (SSSR count). The van der Waals surface area contributed by atoms with Crippen LogP contribution in [-0.2, 0) is 4.84 Å². The molecule has 0 aliphatic carbocycles. The van der Waals surface area contributed by atoms with Gasteiger partial charge in [-0.15, -0.1) is 0 Å². The molecule has 0 amide bonds. The van der Waals surface area contributed by atoms with E-state index in [4.69, 9.17) is 16.3 Å². The summed E-state index contributed by atoms with van der Waals surface area (Å²) in [5, 5.41) is 14.1. The highest BCUT2D eigenvalue weighted by Gasteiger charge is 2.12. The van der Waals surface area contributed by atoms with E-state index in [-0.39, 0.29) is 17.1 Å². The Hall–Kier alpha value is -3.42. The van der Waals surface area contributed by atoms with Crippen molar-refractivity contribution in [2.75, 3.05) is 5.73 Å². The lowest BCUT2D eigenvalue weighted by Crippen LogP contribution is -2.17. The number of non-ortho nitro benzene ring substituents is 1. The van der Waals surface area contributed by atoms with Crippen molar-refractivity contribution >= 4 is 23.2 Å². The molecule has 0 aromatic heterocycles. The zero-order valence-electron chi connectivity index (χ0n) is 12.2. The molecule has 0 aliphatic rings. The Balaban J connectivity index is 2.13. The number of oxime groups is 1. The molecular formula is C15H14N4O4. The number of nitro groups is 1. The largest absolute Gasteiger partial charge is 0.398 e. The van der Waals surface area contributed by atoms with Crippen LogP contribution in [0.4, 0.5) is 11.4 Å². The number of nitrogen functional groups attached to an aromatic ring is 1. The van der Waals surface area contributed by atoms with Crippen molar-refractivity contribution in [3.63, 3.8) is 0 Å².